The van der Waals surface area contributed by atoms with Gasteiger partial charge in [0.2, 0.25) is 0 Å². The number of halogens is 1. The van der Waals surface area contributed by atoms with Gasteiger partial charge in [-0.2, -0.15) is 0 Å². The number of ketones is 1. The zero-order valence-corrected chi connectivity index (χ0v) is 11.0. The molecule has 0 N–H and O–H groups in total. The Labute approximate surface area is 116 Å². The Morgan fingerprint density at radius 2 is 2.00 bits per heavy atom. The standard InChI is InChI=1S/C17H12FNO/c1-10-17(14-8-12(18)6-7-15(14)19-10)9-11-4-2-3-5-13(11)16(17)20/h2-8H,9H2,1H3. The predicted molar refractivity (Wildman–Crippen MR) is 75.3 cm³/mol. The maximum Gasteiger partial charge on any atom is 0.179 e. The van der Waals surface area contributed by atoms with E-state index in [4.69, 9.17) is 0 Å². The van der Waals surface area contributed by atoms with Gasteiger partial charge in [0.25, 0.3) is 0 Å². The maximum absolute atomic E-state index is 13.6. The summed E-state index contributed by atoms with van der Waals surface area (Å²) < 4.78 is 13.6. The molecule has 3 heteroatoms. The summed E-state index contributed by atoms with van der Waals surface area (Å²) in [5.41, 5.74) is 3.14. The molecule has 0 amide bonds. The van der Waals surface area contributed by atoms with Gasteiger partial charge in [-0.05, 0) is 37.1 Å². The molecule has 0 radical (unpaired) electrons. The van der Waals surface area contributed by atoms with E-state index in [-0.39, 0.29) is 11.6 Å². The molecule has 2 aromatic rings. The van der Waals surface area contributed by atoms with E-state index in [2.05, 4.69) is 4.99 Å². The van der Waals surface area contributed by atoms with Crippen molar-refractivity contribution in [3.63, 3.8) is 0 Å². The quantitative estimate of drug-likeness (QED) is 0.715. The number of carbonyl (C=O) groups excluding carboxylic acids is 1. The number of carbonyl (C=O) groups is 1. The molecule has 2 aromatic carbocycles. The summed E-state index contributed by atoms with van der Waals surface area (Å²) in [7, 11) is 0. The number of aliphatic imine (C=N–C) groups is 1. The van der Waals surface area contributed by atoms with Gasteiger partial charge in [0.15, 0.2) is 5.78 Å². The highest BCUT2D eigenvalue weighted by Gasteiger charge is 2.52. The van der Waals surface area contributed by atoms with Gasteiger partial charge in [-0.3, -0.25) is 9.79 Å². The van der Waals surface area contributed by atoms with Crippen LogP contribution in [0.3, 0.4) is 0 Å². The van der Waals surface area contributed by atoms with Crippen LogP contribution < -0.4 is 0 Å². The van der Waals surface area contributed by atoms with E-state index >= 15 is 0 Å². The second-order valence-corrected chi connectivity index (χ2v) is 5.43. The van der Waals surface area contributed by atoms with E-state index in [1.54, 1.807) is 6.07 Å². The van der Waals surface area contributed by atoms with Gasteiger partial charge in [0, 0.05) is 16.8 Å². The molecule has 1 aliphatic carbocycles. The van der Waals surface area contributed by atoms with Crippen molar-refractivity contribution in [2.24, 2.45) is 4.99 Å². The molecule has 1 atom stereocenters. The fourth-order valence-corrected chi connectivity index (χ4v) is 3.42. The van der Waals surface area contributed by atoms with Crippen molar-refractivity contribution in [1.82, 2.24) is 0 Å². The fraction of sp³-hybridized carbons (Fsp3) is 0.176. The van der Waals surface area contributed by atoms with Crippen molar-refractivity contribution in [2.45, 2.75) is 18.8 Å². The second-order valence-electron chi connectivity index (χ2n) is 5.43. The van der Waals surface area contributed by atoms with E-state index in [9.17, 15) is 9.18 Å². The predicted octanol–water partition coefficient (Wildman–Crippen LogP) is 3.61. The summed E-state index contributed by atoms with van der Waals surface area (Å²) in [6.45, 7) is 1.86. The zero-order valence-electron chi connectivity index (χ0n) is 11.0. The Hall–Kier alpha value is -2.29. The van der Waals surface area contributed by atoms with Crippen molar-refractivity contribution in [2.75, 3.05) is 0 Å². The third kappa shape index (κ3) is 1.22. The van der Waals surface area contributed by atoms with E-state index in [0.29, 0.717) is 17.7 Å². The van der Waals surface area contributed by atoms with Crippen LogP contribution >= 0.6 is 0 Å². The Kier molecular flexibility index (Phi) is 2.09. The van der Waals surface area contributed by atoms with Gasteiger partial charge >= 0.3 is 0 Å². The van der Waals surface area contributed by atoms with Crippen LogP contribution in [0.4, 0.5) is 10.1 Å². The van der Waals surface area contributed by atoms with Gasteiger partial charge in [-0.15, -0.1) is 0 Å². The third-order valence-electron chi connectivity index (χ3n) is 4.43. The molecule has 98 valence electrons. The number of hydrogen-bond donors (Lipinski definition) is 0. The average molecular weight is 265 g/mol. The Balaban J connectivity index is 1.99. The number of fused-ring (bicyclic) bond motifs is 3. The monoisotopic (exact) mass is 265 g/mol. The SMILES string of the molecule is CC1=Nc2ccc(F)cc2C12Cc1ccccc1C2=O. The first-order chi connectivity index (χ1) is 9.63. The topological polar surface area (TPSA) is 29.4 Å². The highest BCUT2D eigenvalue weighted by Crippen LogP contribution is 2.48. The smallest absolute Gasteiger partial charge is 0.179 e. The maximum atomic E-state index is 13.6. The van der Waals surface area contributed by atoms with Crippen LogP contribution in [0.2, 0.25) is 0 Å². The summed E-state index contributed by atoms with van der Waals surface area (Å²) >= 11 is 0. The molecule has 1 heterocycles. The van der Waals surface area contributed by atoms with Gasteiger partial charge in [0.1, 0.15) is 11.2 Å². The highest BCUT2D eigenvalue weighted by molar-refractivity contribution is 6.26. The van der Waals surface area contributed by atoms with Gasteiger partial charge in [0.05, 0.1) is 5.69 Å². The number of hydrogen-bond acceptors (Lipinski definition) is 2. The van der Waals surface area contributed by atoms with E-state index in [0.717, 1.165) is 16.8 Å². The molecule has 2 nitrogen and oxygen atoms in total. The lowest BCUT2D eigenvalue weighted by Crippen LogP contribution is -2.38. The summed E-state index contributed by atoms with van der Waals surface area (Å²) in [6, 6.07) is 12.1. The lowest BCUT2D eigenvalue weighted by Gasteiger charge is -2.23. The lowest BCUT2D eigenvalue weighted by molar-refractivity contribution is 0.0946. The molecule has 0 saturated carbocycles. The van der Waals surface area contributed by atoms with Crippen LogP contribution in [0.25, 0.3) is 0 Å². The van der Waals surface area contributed by atoms with Crippen molar-refractivity contribution < 1.29 is 9.18 Å². The number of nitrogens with zero attached hydrogens (tertiary/aromatic N) is 1. The molecule has 1 aliphatic heterocycles. The average Bonchev–Trinajstić information content (AvgIpc) is 2.89. The number of Topliss-reactive ketones (excluding diaryl/α,β-unsaturated/α-hetero) is 1. The molecular formula is C17H12FNO. The van der Waals surface area contributed by atoms with Crippen molar-refractivity contribution >= 4 is 17.2 Å². The van der Waals surface area contributed by atoms with Crippen molar-refractivity contribution in [3.8, 4) is 0 Å². The second kappa shape index (κ2) is 3.63. The minimum Gasteiger partial charge on any atom is -0.293 e. The van der Waals surface area contributed by atoms with Crippen LogP contribution in [0.5, 0.6) is 0 Å². The van der Waals surface area contributed by atoms with Gasteiger partial charge in [-0.25, -0.2) is 4.39 Å². The van der Waals surface area contributed by atoms with Crippen LogP contribution in [0.1, 0.15) is 28.4 Å². The van der Waals surface area contributed by atoms with Crippen molar-refractivity contribution in [3.05, 3.63) is 65.0 Å². The van der Waals surface area contributed by atoms with Crippen LogP contribution in [0.15, 0.2) is 47.5 Å². The molecule has 0 bridgehead atoms. The molecule has 1 spiro atoms. The first-order valence-corrected chi connectivity index (χ1v) is 6.61. The Morgan fingerprint density at radius 3 is 2.80 bits per heavy atom. The van der Waals surface area contributed by atoms with E-state index in [1.807, 2.05) is 31.2 Å². The first kappa shape index (κ1) is 11.5. The number of benzene rings is 2. The first-order valence-electron chi connectivity index (χ1n) is 6.61. The van der Waals surface area contributed by atoms with Crippen LogP contribution in [-0.2, 0) is 11.8 Å². The van der Waals surface area contributed by atoms with Crippen LogP contribution in [-0.4, -0.2) is 11.5 Å². The molecule has 0 aromatic heterocycles. The fourth-order valence-electron chi connectivity index (χ4n) is 3.42. The molecule has 20 heavy (non-hydrogen) atoms. The molecule has 0 fully saturated rings. The molecule has 4 rings (SSSR count). The van der Waals surface area contributed by atoms with Crippen molar-refractivity contribution in [1.29, 1.82) is 0 Å². The normalized spacial score (nSPS) is 22.9. The summed E-state index contributed by atoms with van der Waals surface area (Å²) in [6.07, 6.45) is 0.577. The molecule has 0 saturated heterocycles. The largest absolute Gasteiger partial charge is 0.293 e. The lowest BCUT2D eigenvalue weighted by atomic mass is 9.74. The zero-order chi connectivity index (χ0) is 13.9. The van der Waals surface area contributed by atoms with E-state index < -0.39 is 5.41 Å². The molecule has 1 unspecified atom stereocenters. The Morgan fingerprint density at radius 1 is 1.20 bits per heavy atom. The molecular weight excluding hydrogens is 253 g/mol. The van der Waals surface area contributed by atoms with Gasteiger partial charge < -0.3 is 0 Å². The van der Waals surface area contributed by atoms with E-state index in [1.165, 1.54) is 12.1 Å². The minimum absolute atomic E-state index is 0.0405. The third-order valence-corrected chi connectivity index (χ3v) is 4.43. The summed E-state index contributed by atoms with van der Waals surface area (Å²) in [5, 5.41) is 0. The van der Waals surface area contributed by atoms with Crippen LogP contribution in [0, 0.1) is 5.82 Å². The Bertz CT molecular complexity index is 793. The minimum atomic E-state index is -0.791. The highest BCUT2D eigenvalue weighted by atomic mass is 19.1. The molecule has 2 aliphatic rings. The summed E-state index contributed by atoms with van der Waals surface area (Å²) in [4.78, 5) is 17.4. The number of rotatable bonds is 0. The summed E-state index contributed by atoms with van der Waals surface area (Å²) in [5.74, 6) is -0.282. The van der Waals surface area contributed by atoms with Gasteiger partial charge in [-0.1, -0.05) is 24.3 Å².